The highest BCUT2D eigenvalue weighted by atomic mass is 32.2. The number of carbonyl (C=O) groups excluding carboxylic acids is 1. The summed E-state index contributed by atoms with van der Waals surface area (Å²) < 4.78 is 1.73. The van der Waals surface area contributed by atoms with Crippen LogP contribution in [0.3, 0.4) is 0 Å². The molecule has 1 unspecified atom stereocenters. The second-order valence-corrected chi connectivity index (χ2v) is 7.76. The number of nitrogens with zero attached hydrogens (tertiary/aromatic N) is 3. The van der Waals surface area contributed by atoms with Crippen LogP contribution in [0.1, 0.15) is 32.7 Å². The molecule has 3 heterocycles. The van der Waals surface area contributed by atoms with Crippen LogP contribution in [-0.2, 0) is 4.79 Å². The van der Waals surface area contributed by atoms with Gasteiger partial charge in [0.1, 0.15) is 5.65 Å². The predicted octanol–water partition coefficient (Wildman–Crippen LogP) is 3.64. The second-order valence-electron chi connectivity index (χ2n) is 6.61. The zero-order chi connectivity index (χ0) is 19.7. The Morgan fingerprint density at radius 1 is 1.18 bits per heavy atom. The Balaban J connectivity index is 1.69. The minimum atomic E-state index is -0.551. The van der Waals surface area contributed by atoms with Crippen molar-refractivity contribution in [2.75, 3.05) is 10.6 Å². The highest BCUT2D eigenvalue weighted by Gasteiger charge is 2.27. The fraction of sp³-hybridized carbons (Fsp3) is 0.300. The van der Waals surface area contributed by atoms with Crippen molar-refractivity contribution in [2.24, 2.45) is 0 Å². The third kappa shape index (κ3) is 3.35. The summed E-state index contributed by atoms with van der Waals surface area (Å²) in [5.41, 5.74) is 1.31. The molecule has 8 heteroatoms. The third-order valence-corrected chi connectivity index (χ3v) is 6.04. The first-order valence-corrected chi connectivity index (χ1v) is 10.2. The molecule has 0 saturated carbocycles. The molecule has 2 aromatic heterocycles. The van der Waals surface area contributed by atoms with Crippen molar-refractivity contribution >= 4 is 40.3 Å². The standard InChI is InChI=1S/C20H21N5O2S/c1-3-13(4-2)25-16(26)10-9-12-11-21-20(23-17(12)25)24-19-18(27)22-14-7-5-6-8-15(14)28-19/h5-11,13,19H,3-4H2,1-2H3,(H,22,27)(H,21,23,24). The van der Waals surface area contributed by atoms with Gasteiger partial charge in [-0.15, -0.1) is 0 Å². The maximum Gasteiger partial charge on any atom is 0.257 e. The van der Waals surface area contributed by atoms with Gasteiger partial charge in [-0.1, -0.05) is 37.7 Å². The molecule has 2 N–H and O–H groups in total. The number of aromatic nitrogens is 3. The second kappa shape index (κ2) is 7.63. The first kappa shape index (κ1) is 18.5. The Bertz CT molecular complexity index is 1090. The van der Waals surface area contributed by atoms with Crippen LogP contribution < -0.4 is 16.2 Å². The maximum atomic E-state index is 12.5. The molecule has 0 bridgehead atoms. The molecule has 0 fully saturated rings. The van der Waals surface area contributed by atoms with Gasteiger partial charge in [0.15, 0.2) is 5.37 Å². The fourth-order valence-corrected chi connectivity index (χ4v) is 4.37. The number of benzene rings is 1. The van der Waals surface area contributed by atoms with E-state index in [1.54, 1.807) is 22.9 Å². The number of fused-ring (bicyclic) bond motifs is 2. The average Bonchev–Trinajstić information content (AvgIpc) is 2.71. The zero-order valence-corrected chi connectivity index (χ0v) is 16.5. The number of hydrogen-bond donors (Lipinski definition) is 2. The van der Waals surface area contributed by atoms with Crippen LogP contribution in [0.5, 0.6) is 0 Å². The number of nitrogens with one attached hydrogen (secondary N) is 2. The van der Waals surface area contributed by atoms with Crippen LogP contribution >= 0.6 is 11.8 Å². The van der Waals surface area contributed by atoms with Gasteiger partial charge in [0, 0.05) is 28.6 Å². The predicted molar refractivity (Wildman–Crippen MR) is 112 cm³/mol. The van der Waals surface area contributed by atoms with E-state index in [1.165, 1.54) is 11.8 Å². The summed E-state index contributed by atoms with van der Waals surface area (Å²) >= 11 is 1.42. The molecule has 1 aliphatic rings. The number of para-hydroxylation sites is 1. The zero-order valence-electron chi connectivity index (χ0n) is 15.7. The van der Waals surface area contributed by atoms with E-state index in [0.29, 0.717) is 11.6 Å². The normalized spacial score (nSPS) is 16.1. The molecule has 1 aliphatic heterocycles. The lowest BCUT2D eigenvalue weighted by molar-refractivity contribution is -0.115. The van der Waals surface area contributed by atoms with E-state index in [4.69, 9.17) is 0 Å². The summed E-state index contributed by atoms with van der Waals surface area (Å²) in [6, 6.07) is 11.0. The molecule has 0 spiro atoms. The first-order valence-electron chi connectivity index (χ1n) is 9.32. The van der Waals surface area contributed by atoms with Gasteiger partial charge in [-0.2, -0.15) is 4.98 Å². The lowest BCUT2D eigenvalue weighted by atomic mass is 10.1. The number of pyridine rings is 1. The van der Waals surface area contributed by atoms with Crippen LogP contribution in [0.4, 0.5) is 11.6 Å². The maximum absolute atomic E-state index is 12.5. The molecule has 4 rings (SSSR count). The molecule has 28 heavy (non-hydrogen) atoms. The molecular formula is C20H21N5O2S. The van der Waals surface area contributed by atoms with Crippen LogP contribution in [0.25, 0.3) is 11.0 Å². The van der Waals surface area contributed by atoms with E-state index in [1.807, 2.05) is 24.3 Å². The van der Waals surface area contributed by atoms with Crippen molar-refractivity contribution in [1.29, 1.82) is 0 Å². The van der Waals surface area contributed by atoms with Crippen molar-refractivity contribution in [1.82, 2.24) is 14.5 Å². The minimum Gasteiger partial charge on any atom is -0.334 e. The van der Waals surface area contributed by atoms with Gasteiger partial charge in [0.2, 0.25) is 5.95 Å². The van der Waals surface area contributed by atoms with Crippen molar-refractivity contribution in [3.8, 4) is 0 Å². The van der Waals surface area contributed by atoms with E-state index >= 15 is 0 Å². The van der Waals surface area contributed by atoms with Gasteiger partial charge < -0.3 is 10.6 Å². The number of amides is 1. The van der Waals surface area contributed by atoms with Crippen molar-refractivity contribution in [3.63, 3.8) is 0 Å². The van der Waals surface area contributed by atoms with E-state index in [2.05, 4.69) is 34.4 Å². The van der Waals surface area contributed by atoms with Gasteiger partial charge in [-0.05, 0) is 31.0 Å². The van der Waals surface area contributed by atoms with Crippen LogP contribution in [0.2, 0.25) is 0 Å². The number of rotatable bonds is 5. The van der Waals surface area contributed by atoms with Crippen LogP contribution in [0, 0.1) is 0 Å². The van der Waals surface area contributed by atoms with Gasteiger partial charge in [-0.25, -0.2) is 4.98 Å². The number of hydrogen-bond acceptors (Lipinski definition) is 6. The van der Waals surface area contributed by atoms with E-state index in [9.17, 15) is 9.59 Å². The summed E-state index contributed by atoms with van der Waals surface area (Å²) in [7, 11) is 0. The summed E-state index contributed by atoms with van der Waals surface area (Å²) in [6.45, 7) is 4.11. The monoisotopic (exact) mass is 395 g/mol. The smallest absolute Gasteiger partial charge is 0.257 e. The van der Waals surface area contributed by atoms with Gasteiger partial charge in [-0.3, -0.25) is 14.2 Å². The Morgan fingerprint density at radius 2 is 1.96 bits per heavy atom. The molecule has 144 valence electrons. The molecule has 0 saturated heterocycles. The summed E-state index contributed by atoms with van der Waals surface area (Å²) in [5.74, 6) is 0.169. The van der Waals surface area contributed by atoms with Crippen molar-refractivity contribution in [3.05, 3.63) is 52.9 Å². The molecule has 1 atom stereocenters. The topological polar surface area (TPSA) is 88.9 Å². The van der Waals surface area contributed by atoms with Crippen LogP contribution in [0.15, 0.2) is 52.3 Å². The molecule has 0 aliphatic carbocycles. The third-order valence-electron chi connectivity index (χ3n) is 4.86. The Labute approximate surface area is 166 Å². The highest BCUT2D eigenvalue weighted by Crippen LogP contribution is 2.35. The minimum absolute atomic E-state index is 0.0678. The molecule has 0 radical (unpaired) electrons. The van der Waals surface area contributed by atoms with Gasteiger partial charge in [0.25, 0.3) is 11.5 Å². The SMILES string of the molecule is CCC(CC)n1c(=O)ccc2cnc(NC3Sc4ccccc4NC3=O)nc21. The number of carbonyl (C=O) groups is 1. The summed E-state index contributed by atoms with van der Waals surface area (Å²) in [4.78, 5) is 34.8. The Morgan fingerprint density at radius 3 is 2.75 bits per heavy atom. The fourth-order valence-electron chi connectivity index (χ4n) is 3.38. The quantitative estimate of drug-likeness (QED) is 0.686. The highest BCUT2D eigenvalue weighted by molar-refractivity contribution is 8.01. The first-order chi connectivity index (χ1) is 13.6. The van der Waals surface area contributed by atoms with E-state index in [-0.39, 0.29) is 17.5 Å². The summed E-state index contributed by atoms with van der Waals surface area (Å²) in [6.07, 6.45) is 3.35. The summed E-state index contributed by atoms with van der Waals surface area (Å²) in [5, 5.41) is 6.23. The lowest BCUT2D eigenvalue weighted by Gasteiger charge is -2.25. The molecular weight excluding hydrogens is 374 g/mol. The molecule has 1 aromatic carbocycles. The van der Waals surface area contributed by atoms with E-state index < -0.39 is 5.37 Å². The van der Waals surface area contributed by atoms with Crippen molar-refractivity contribution < 1.29 is 4.79 Å². The van der Waals surface area contributed by atoms with Gasteiger partial charge in [0.05, 0.1) is 5.69 Å². The lowest BCUT2D eigenvalue weighted by Crippen LogP contribution is -2.35. The largest absolute Gasteiger partial charge is 0.334 e. The molecule has 3 aromatic rings. The van der Waals surface area contributed by atoms with Gasteiger partial charge >= 0.3 is 0 Å². The average molecular weight is 395 g/mol. The molecule has 7 nitrogen and oxygen atoms in total. The Hall–Kier alpha value is -2.87. The van der Waals surface area contributed by atoms with E-state index in [0.717, 1.165) is 28.8 Å². The Kier molecular flexibility index (Phi) is 5.04. The number of anilines is 2. The van der Waals surface area contributed by atoms with Crippen LogP contribution in [-0.4, -0.2) is 25.8 Å². The number of thioether (sulfide) groups is 1. The van der Waals surface area contributed by atoms with Crippen molar-refractivity contribution in [2.45, 2.75) is 43.0 Å². The molecule has 1 amide bonds.